The quantitative estimate of drug-likeness (QED) is 0.666. The highest BCUT2D eigenvalue weighted by Gasteiger charge is 2.28. The third kappa shape index (κ3) is 3.77. The molecule has 2 amide bonds. The Morgan fingerprint density at radius 2 is 1.77 bits per heavy atom. The molecule has 3 heterocycles. The highest BCUT2D eigenvalue weighted by Crippen LogP contribution is 2.41. The zero-order valence-corrected chi connectivity index (χ0v) is 18.4. The second-order valence-corrected chi connectivity index (χ2v) is 8.75. The number of hydrogen-bond acceptors (Lipinski definition) is 4. The first-order valence-corrected chi connectivity index (χ1v) is 11.1. The van der Waals surface area contributed by atoms with Gasteiger partial charge in [-0.05, 0) is 49.8 Å². The number of rotatable bonds is 4. The van der Waals surface area contributed by atoms with E-state index >= 15 is 0 Å². The van der Waals surface area contributed by atoms with Gasteiger partial charge in [-0.15, -0.1) is 11.3 Å². The number of hydrogen-bond donors (Lipinski definition) is 1. The lowest BCUT2D eigenvalue weighted by atomic mass is 10.0. The van der Waals surface area contributed by atoms with Gasteiger partial charge in [-0.2, -0.15) is 5.10 Å². The SMILES string of the molecule is Cc1cnn(C)c1C(=O)Nc1sc(-c2ccccc2)c(C)c1C(=O)N1CCCCC1. The largest absolute Gasteiger partial charge is 0.339 e. The molecule has 0 atom stereocenters. The Balaban J connectivity index is 1.76. The number of nitrogens with one attached hydrogen (secondary N) is 1. The first-order chi connectivity index (χ1) is 14.5. The molecule has 1 fully saturated rings. The summed E-state index contributed by atoms with van der Waals surface area (Å²) < 4.78 is 1.56. The molecular weight excluding hydrogens is 396 g/mol. The van der Waals surface area contributed by atoms with Crippen LogP contribution in [0.15, 0.2) is 36.5 Å². The summed E-state index contributed by atoms with van der Waals surface area (Å²) in [7, 11) is 1.75. The van der Waals surface area contributed by atoms with E-state index in [0.717, 1.165) is 53.9 Å². The van der Waals surface area contributed by atoms with Gasteiger partial charge in [0, 0.05) is 25.0 Å². The molecule has 1 N–H and O–H groups in total. The molecule has 156 valence electrons. The maximum absolute atomic E-state index is 13.5. The Morgan fingerprint density at radius 3 is 2.40 bits per heavy atom. The first kappa shape index (κ1) is 20.3. The molecule has 0 aliphatic carbocycles. The van der Waals surface area contributed by atoms with Gasteiger partial charge in [-0.1, -0.05) is 30.3 Å². The summed E-state index contributed by atoms with van der Waals surface area (Å²) in [5, 5.41) is 7.79. The molecule has 4 rings (SSSR count). The smallest absolute Gasteiger partial charge is 0.274 e. The lowest BCUT2D eigenvalue weighted by Crippen LogP contribution is -2.36. The third-order valence-corrected chi connectivity index (χ3v) is 6.86. The number of benzene rings is 1. The minimum atomic E-state index is -0.249. The van der Waals surface area contributed by atoms with Crippen LogP contribution in [0.3, 0.4) is 0 Å². The van der Waals surface area contributed by atoms with Crippen molar-refractivity contribution >= 4 is 28.2 Å². The Bertz CT molecular complexity index is 1060. The van der Waals surface area contributed by atoms with Gasteiger partial charge in [0.1, 0.15) is 10.7 Å². The van der Waals surface area contributed by atoms with Crippen LogP contribution >= 0.6 is 11.3 Å². The second kappa shape index (κ2) is 8.44. The summed E-state index contributed by atoms with van der Waals surface area (Å²) in [6, 6.07) is 10.0. The molecule has 0 bridgehead atoms. The van der Waals surface area contributed by atoms with Crippen LogP contribution in [0.4, 0.5) is 5.00 Å². The average Bonchev–Trinajstić information content (AvgIpc) is 3.27. The van der Waals surface area contributed by atoms with Crippen molar-refractivity contribution in [2.75, 3.05) is 18.4 Å². The number of carbonyl (C=O) groups is 2. The molecule has 0 radical (unpaired) electrons. The Hall–Kier alpha value is -2.93. The number of likely N-dealkylation sites (tertiary alicyclic amines) is 1. The molecule has 0 unspecified atom stereocenters. The van der Waals surface area contributed by atoms with Gasteiger partial charge in [0.05, 0.1) is 11.8 Å². The van der Waals surface area contributed by atoms with Crippen LogP contribution in [-0.2, 0) is 7.05 Å². The van der Waals surface area contributed by atoms with Gasteiger partial charge in [0.25, 0.3) is 11.8 Å². The van der Waals surface area contributed by atoms with Gasteiger partial charge >= 0.3 is 0 Å². The predicted octanol–water partition coefficient (Wildman–Crippen LogP) is 4.64. The van der Waals surface area contributed by atoms with Crippen LogP contribution in [-0.4, -0.2) is 39.6 Å². The van der Waals surface area contributed by atoms with Crippen molar-refractivity contribution in [3.05, 3.63) is 58.9 Å². The van der Waals surface area contributed by atoms with Crippen LogP contribution in [0.25, 0.3) is 10.4 Å². The normalized spacial score (nSPS) is 14.0. The van der Waals surface area contributed by atoms with Gasteiger partial charge in [-0.3, -0.25) is 14.3 Å². The summed E-state index contributed by atoms with van der Waals surface area (Å²) in [6.07, 6.45) is 4.88. The van der Waals surface area contributed by atoms with Crippen molar-refractivity contribution in [3.63, 3.8) is 0 Å². The standard InChI is InChI=1S/C23H26N4O2S/c1-15-14-24-26(3)19(15)21(28)25-22-18(23(29)27-12-8-5-9-13-27)16(2)20(30-22)17-10-6-4-7-11-17/h4,6-7,10-11,14H,5,8-9,12-13H2,1-3H3,(H,25,28). The van der Waals surface area contributed by atoms with E-state index in [4.69, 9.17) is 0 Å². The minimum absolute atomic E-state index is 0.00246. The van der Waals surface area contributed by atoms with Crippen molar-refractivity contribution in [1.29, 1.82) is 0 Å². The van der Waals surface area contributed by atoms with Crippen molar-refractivity contribution < 1.29 is 9.59 Å². The number of aromatic nitrogens is 2. The van der Waals surface area contributed by atoms with Crippen LogP contribution in [0.5, 0.6) is 0 Å². The number of aryl methyl sites for hydroxylation is 2. The van der Waals surface area contributed by atoms with Gasteiger partial charge in [0.2, 0.25) is 0 Å². The van der Waals surface area contributed by atoms with Gasteiger partial charge in [-0.25, -0.2) is 0 Å². The zero-order valence-electron chi connectivity index (χ0n) is 17.6. The molecule has 2 aromatic heterocycles. The number of carbonyl (C=O) groups excluding carboxylic acids is 2. The Kier molecular flexibility index (Phi) is 5.72. The molecule has 3 aromatic rings. The van der Waals surface area contributed by atoms with E-state index in [1.165, 1.54) is 11.3 Å². The molecule has 0 spiro atoms. The number of anilines is 1. The number of piperidine rings is 1. The fourth-order valence-corrected chi connectivity index (χ4v) is 5.21. The summed E-state index contributed by atoms with van der Waals surface area (Å²) in [4.78, 5) is 29.4. The maximum Gasteiger partial charge on any atom is 0.274 e. The van der Waals surface area contributed by atoms with Crippen LogP contribution in [0.2, 0.25) is 0 Å². The molecule has 6 nitrogen and oxygen atoms in total. The van der Waals surface area contributed by atoms with Gasteiger partial charge in [0.15, 0.2) is 0 Å². The van der Waals surface area contributed by atoms with E-state index in [2.05, 4.69) is 10.4 Å². The molecule has 1 aliphatic heterocycles. The fourth-order valence-electron chi connectivity index (χ4n) is 4.01. The lowest BCUT2D eigenvalue weighted by Gasteiger charge is -2.27. The third-order valence-electron chi connectivity index (χ3n) is 5.60. The predicted molar refractivity (Wildman–Crippen MR) is 120 cm³/mol. The summed E-state index contributed by atoms with van der Waals surface area (Å²) in [5.74, 6) is -0.247. The molecular formula is C23H26N4O2S. The van der Waals surface area contributed by atoms with E-state index in [1.54, 1.807) is 17.9 Å². The topological polar surface area (TPSA) is 67.2 Å². The van der Waals surface area contributed by atoms with E-state index in [-0.39, 0.29) is 11.8 Å². The zero-order chi connectivity index (χ0) is 21.3. The van der Waals surface area contributed by atoms with Crippen LogP contribution in [0, 0.1) is 13.8 Å². The van der Waals surface area contributed by atoms with E-state index < -0.39 is 0 Å². The second-order valence-electron chi connectivity index (χ2n) is 7.73. The Labute approximate surface area is 180 Å². The number of nitrogens with zero attached hydrogens (tertiary/aromatic N) is 3. The number of thiophene rings is 1. The number of amides is 2. The molecule has 0 saturated carbocycles. The van der Waals surface area contributed by atoms with Crippen molar-refractivity contribution in [2.24, 2.45) is 7.05 Å². The molecule has 30 heavy (non-hydrogen) atoms. The summed E-state index contributed by atoms with van der Waals surface area (Å²) >= 11 is 1.46. The van der Waals surface area contributed by atoms with E-state index in [0.29, 0.717) is 16.3 Å². The molecule has 1 saturated heterocycles. The van der Waals surface area contributed by atoms with Crippen molar-refractivity contribution in [1.82, 2.24) is 14.7 Å². The first-order valence-electron chi connectivity index (χ1n) is 10.3. The monoisotopic (exact) mass is 422 g/mol. The fraction of sp³-hybridized carbons (Fsp3) is 0.348. The van der Waals surface area contributed by atoms with Crippen molar-refractivity contribution in [3.8, 4) is 10.4 Å². The minimum Gasteiger partial charge on any atom is -0.339 e. The molecule has 7 heteroatoms. The molecule has 1 aromatic carbocycles. The maximum atomic E-state index is 13.5. The van der Waals surface area contributed by atoms with Crippen LogP contribution < -0.4 is 5.32 Å². The average molecular weight is 423 g/mol. The van der Waals surface area contributed by atoms with Gasteiger partial charge < -0.3 is 10.2 Å². The summed E-state index contributed by atoms with van der Waals surface area (Å²) in [6.45, 7) is 5.36. The summed E-state index contributed by atoms with van der Waals surface area (Å²) in [5.41, 5.74) is 3.87. The molecule has 1 aliphatic rings. The van der Waals surface area contributed by atoms with E-state index in [1.807, 2.05) is 49.1 Å². The lowest BCUT2D eigenvalue weighted by molar-refractivity contribution is 0.0725. The highest BCUT2D eigenvalue weighted by molar-refractivity contribution is 7.20. The Morgan fingerprint density at radius 1 is 1.07 bits per heavy atom. The van der Waals surface area contributed by atoms with E-state index in [9.17, 15) is 9.59 Å². The van der Waals surface area contributed by atoms with Crippen molar-refractivity contribution in [2.45, 2.75) is 33.1 Å². The van der Waals surface area contributed by atoms with Crippen LogP contribution in [0.1, 0.15) is 51.2 Å². The highest BCUT2D eigenvalue weighted by atomic mass is 32.1.